The van der Waals surface area contributed by atoms with Crippen molar-refractivity contribution in [3.05, 3.63) is 40.6 Å². The van der Waals surface area contributed by atoms with Gasteiger partial charge >= 0.3 is 0 Å². The van der Waals surface area contributed by atoms with Crippen molar-refractivity contribution >= 4 is 41.3 Å². The number of rotatable bonds is 5. The smallest absolute Gasteiger partial charge is 0.191 e. The molecule has 2 aromatic heterocycles. The van der Waals surface area contributed by atoms with E-state index in [-0.39, 0.29) is 24.0 Å². The maximum atomic E-state index is 4.20. The molecule has 0 atom stereocenters. The van der Waals surface area contributed by atoms with Crippen molar-refractivity contribution in [2.45, 2.75) is 20.0 Å². The Morgan fingerprint density at radius 3 is 2.90 bits per heavy atom. The van der Waals surface area contributed by atoms with E-state index in [0.29, 0.717) is 0 Å². The minimum atomic E-state index is 0. The van der Waals surface area contributed by atoms with Crippen LogP contribution < -0.4 is 10.6 Å². The maximum absolute atomic E-state index is 4.20. The molecule has 0 bridgehead atoms. The van der Waals surface area contributed by atoms with E-state index in [4.69, 9.17) is 0 Å². The Morgan fingerprint density at radius 2 is 2.30 bits per heavy atom. The van der Waals surface area contributed by atoms with Gasteiger partial charge in [0.25, 0.3) is 0 Å². The molecule has 0 fully saturated rings. The van der Waals surface area contributed by atoms with E-state index < -0.39 is 0 Å². The molecule has 0 aliphatic carbocycles. The fraction of sp³-hybridized carbons (Fsp3) is 0.385. The van der Waals surface area contributed by atoms with Crippen LogP contribution in [0.3, 0.4) is 0 Å². The topological polar surface area (TPSA) is 54.2 Å². The summed E-state index contributed by atoms with van der Waals surface area (Å²) in [6.45, 7) is 4.50. The highest BCUT2D eigenvalue weighted by Crippen LogP contribution is 2.04. The van der Waals surface area contributed by atoms with Gasteiger partial charge in [-0.1, -0.05) is 0 Å². The minimum absolute atomic E-state index is 0. The molecule has 2 rings (SSSR count). The van der Waals surface area contributed by atoms with Crippen LogP contribution in [0.5, 0.6) is 0 Å². The molecule has 0 amide bonds. The van der Waals surface area contributed by atoms with E-state index in [1.54, 1.807) is 18.4 Å². The molecule has 0 radical (unpaired) electrons. The van der Waals surface area contributed by atoms with E-state index in [0.717, 1.165) is 31.4 Å². The largest absolute Gasteiger partial charge is 0.355 e. The van der Waals surface area contributed by atoms with Gasteiger partial charge < -0.3 is 15.2 Å². The van der Waals surface area contributed by atoms with Crippen molar-refractivity contribution in [3.63, 3.8) is 0 Å². The first-order chi connectivity index (χ1) is 9.29. The predicted octanol–water partition coefficient (Wildman–Crippen LogP) is 2.24. The van der Waals surface area contributed by atoms with E-state index in [1.165, 1.54) is 5.56 Å². The number of thiophene rings is 1. The lowest BCUT2D eigenvalue weighted by atomic mass is 10.3. The second-order valence-electron chi connectivity index (χ2n) is 4.15. The molecule has 0 saturated heterocycles. The zero-order chi connectivity index (χ0) is 13.5. The van der Waals surface area contributed by atoms with Gasteiger partial charge in [-0.2, -0.15) is 11.3 Å². The van der Waals surface area contributed by atoms with Crippen molar-refractivity contribution in [3.8, 4) is 0 Å². The van der Waals surface area contributed by atoms with Crippen molar-refractivity contribution < 1.29 is 0 Å². The molecule has 110 valence electrons. The lowest BCUT2D eigenvalue weighted by Gasteiger charge is -2.12. The Balaban J connectivity index is 0.00000200. The molecule has 5 nitrogen and oxygen atoms in total. The number of imidazole rings is 1. The monoisotopic (exact) mass is 405 g/mol. The number of aryl methyl sites for hydroxylation is 1. The summed E-state index contributed by atoms with van der Waals surface area (Å²) < 4.78 is 2.11. The zero-order valence-corrected chi connectivity index (χ0v) is 14.8. The van der Waals surface area contributed by atoms with Crippen LogP contribution in [0.2, 0.25) is 0 Å². The van der Waals surface area contributed by atoms with Gasteiger partial charge in [-0.3, -0.25) is 4.99 Å². The van der Waals surface area contributed by atoms with Crippen LogP contribution in [0, 0.1) is 6.92 Å². The first-order valence-corrected chi connectivity index (χ1v) is 7.17. The summed E-state index contributed by atoms with van der Waals surface area (Å²) in [5.41, 5.74) is 1.28. The third-order valence-electron chi connectivity index (χ3n) is 2.83. The Bertz CT molecular complexity index is 521. The van der Waals surface area contributed by atoms with Crippen LogP contribution in [0.4, 0.5) is 0 Å². The molecular weight excluding hydrogens is 385 g/mol. The number of halogens is 1. The number of aromatic nitrogens is 2. The molecule has 0 saturated carbocycles. The molecular formula is C13H20IN5S. The first-order valence-electron chi connectivity index (χ1n) is 6.23. The fourth-order valence-corrected chi connectivity index (χ4v) is 2.40. The molecule has 20 heavy (non-hydrogen) atoms. The van der Waals surface area contributed by atoms with Gasteiger partial charge in [0.05, 0.1) is 0 Å². The number of guanidine groups is 1. The molecule has 7 heteroatoms. The molecule has 2 heterocycles. The highest BCUT2D eigenvalue weighted by molar-refractivity contribution is 14.0. The van der Waals surface area contributed by atoms with Gasteiger partial charge in [0, 0.05) is 39.1 Å². The molecule has 2 N–H and O–H groups in total. The highest BCUT2D eigenvalue weighted by Gasteiger charge is 2.00. The third-order valence-corrected chi connectivity index (χ3v) is 3.56. The third kappa shape index (κ3) is 5.12. The van der Waals surface area contributed by atoms with Crippen LogP contribution in [-0.2, 0) is 13.1 Å². The summed E-state index contributed by atoms with van der Waals surface area (Å²) in [7, 11) is 1.78. The first kappa shape index (κ1) is 17.0. The minimum Gasteiger partial charge on any atom is -0.355 e. The molecule has 0 aromatic carbocycles. The molecule has 0 unspecified atom stereocenters. The molecule has 0 spiro atoms. The SMILES string of the molecule is CN=C(NCCn1ccnc1C)NCc1ccsc1.I. The zero-order valence-electron chi connectivity index (χ0n) is 11.7. The average molecular weight is 405 g/mol. The summed E-state index contributed by atoms with van der Waals surface area (Å²) in [6, 6.07) is 2.11. The predicted molar refractivity (Wildman–Crippen MR) is 94.9 cm³/mol. The van der Waals surface area contributed by atoms with Crippen LogP contribution in [0.25, 0.3) is 0 Å². The number of hydrogen-bond acceptors (Lipinski definition) is 3. The van der Waals surface area contributed by atoms with Gasteiger partial charge in [0.1, 0.15) is 5.82 Å². The van der Waals surface area contributed by atoms with Gasteiger partial charge in [-0.25, -0.2) is 4.98 Å². The Kier molecular flexibility index (Phi) is 7.60. The van der Waals surface area contributed by atoms with Gasteiger partial charge in [-0.15, -0.1) is 24.0 Å². The fourth-order valence-electron chi connectivity index (χ4n) is 1.73. The quantitative estimate of drug-likeness (QED) is 0.456. The van der Waals surface area contributed by atoms with Gasteiger partial charge in [-0.05, 0) is 29.3 Å². The second-order valence-corrected chi connectivity index (χ2v) is 4.93. The van der Waals surface area contributed by atoms with Crippen LogP contribution >= 0.6 is 35.3 Å². The van der Waals surface area contributed by atoms with Crippen molar-refractivity contribution in [1.82, 2.24) is 20.2 Å². The number of nitrogens with zero attached hydrogens (tertiary/aromatic N) is 3. The number of nitrogens with one attached hydrogen (secondary N) is 2. The highest BCUT2D eigenvalue weighted by atomic mass is 127. The van der Waals surface area contributed by atoms with Crippen LogP contribution in [0.1, 0.15) is 11.4 Å². The molecule has 0 aliphatic rings. The summed E-state index contributed by atoms with van der Waals surface area (Å²) in [5.74, 6) is 1.85. The van der Waals surface area contributed by atoms with Crippen LogP contribution in [-0.4, -0.2) is 29.1 Å². The Morgan fingerprint density at radius 1 is 1.45 bits per heavy atom. The molecule has 0 aliphatic heterocycles. The van der Waals surface area contributed by atoms with E-state index in [1.807, 2.05) is 19.3 Å². The standard InChI is InChI=1S/C13H19N5S.HI/c1-11-15-4-6-18(11)7-5-16-13(14-2)17-9-12-3-8-19-10-12;/h3-4,6,8,10H,5,7,9H2,1-2H3,(H2,14,16,17);1H. The summed E-state index contributed by atoms with van der Waals surface area (Å²) in [5, 5.41) is 10.8. The van der Waals surface area contributed by atoms with Crippen molar-refractivity contribution in [2.24, 2.45) is 4.99 Å². The van der Waals surface area contributed by atoms with Gasteiger partial charge in [0.15, 0.2) is 5.96 Å². The number of aliphatic imine (C=N–C) groups is 1. The second kappa shape index (κ2) is 8.96. The lowest BCUT2D eigenvalue weighted by molar-refractivity contribution is 0.645. The van der Waals surface area contributed by atoms with E-state index in [9.17, 15) is 0 Å². The van der Waals surface area contributed by atoms with Crippen LogP contribution in [0.15, 0.2) is 34.2 Å². The molecule has 2 aromatic rings. The maximum Gasteiger partial charge on any atom is 0.191 e. The Labute approximate surface area is 140 Å². The summed E-state index contributed by atoms with van der Waals surface area (Å²) in [6.07, 6.45) is 3.80. The lowest BCUT2D eigenvalue weighted by Crippen LogP contribution is -2.38. The van der Waals surface area contributed by atoms with E-state index in [2.05, 4.69) is 42.0 Å². The summed E-state index contributed by atoms with van der Waals surface area (Å²) in [4.78, 5) is 8.40. The van der Waals surface area contributed by atoms with E-state index >= 15 is 0 Å². The van der Waals surface area contributed by atoms with Crippen molar-refractivity contribution in [2.75, 3.05) is 13.6 Å². The van der Waals surface area contributed by atoms with Crippen molar-refractivity contribution in [1.29, 1.82) is 0 Å². The number of hydrogen-bond donors (Lipinski definition) is 2. The normalized spacial score (nSPS) is 11.0. The Hall–Kier alpha value is -1.09. The van der Waals surface area contributed by atoms with Gasteiger partial charge in [0.2, 0.25) is 0 Å². The summed E-state index contributed by atoms with van der Waals surface area (Å²) >= 11 is 1.71. The average Bonchev–Trinajstić information content (AvgIpc) is 3.06.